The molecular formula is C19H17FN2O3. The molecule has 3 rings (SSSR count). The first-order valence-electron chi connectivity index (χ1n) is 7.81. The fourth-order valence-corrected chi connectivity index (χ4v) is 2.54. The molecule has 0 fully saturated rings. The van der Waals surface area contributed by atoms with E-state index in [4.69, 9.17) is 4.84 Å². The maximum absolute atomic E-state index is 13.3. The second-order valence-corrected chi connectivity index (χ2v) is 6.13. The lowest BCUT2D eigenvalue weighted by molar-refractivity contribution is -0.135. The topological polar surface area (TPSA) is 67.8 Å². The smallest absolute Gasteiger partial charge is 0.271 e. The fraction of sp³-hybridized carbons (Fsp3) is 0.211. The minimum atomic E-state index is -1.18. The molecule has 0 aromatic heterocycles. The van der Waals surface area contributed by atoms with Gasteiger partial charge < -0.3 is 10.2 Å². The number of ketones is 1. The number of carbonyl (C=O) groups is 2. The van der Waals surface area contributed by atoms with Crippen molar-refractivity contribution < 1.29 is 18.8 Å². The lowest BCUT2D eigenvalue weighted by Gasteiger charge is -2.20. The first-order chi connectivity index (χ1) is 11.9. The monoisotopic (exact) mass is 340 g/mol. The lowest BCUT2D eigenvalue weighted by atomic mass is 9.95. The summed E-state index contributed by atoms with van der Waals surface area (Å²) >= 11 is 0. The van der Waals surface area contributed by atoms with E-state index in [1.54, 1.807) is 43.3 Å². The molecule has 128 valence electrons. The first kappa shape index (κ1) is 16.8. The number of nitrogens with one attached hydrogen (secondary N) is 1. The van der Waals surface area contributed by atoms with Crippen molar-refractivity contribution in [3.8, 4) is 0 Å². The quantitative estimate of drug-likeness (QED) is 0.866. The van der Waals surface area contributed by atoms with Crippen molar-refractivity contribution >= 4 is 23.1 Å². The third kappa shape index (κ3) is 3.57. The Morgan fingerprint density at radius 2 is 1.92 bits per heavy atom. The molecule has 5 nitrogen and oxygen atoms in total. The van der Waals surface area contributed by atoms with Crippen molar-refractivity contribution in [1.29, 1.82) is 0 Å². The van der Waals surface area contributed by atoms with Crippen LogP contribution >= 0.6 is 0 Å². The Bertz CT molecular complexity index is 861. The Morgan fingerprint density at radius 1 is 1.20 bits per heavy atom. The van der Waals surface area contributed by atoms with E-state index in [9.17, 15) is 14.0 Å². The van der Waals surface area contributed by atoms with Gasteiger partial charge in [-0.3, -0.25) is 9.59 Å². The Labute approximate surface area is 144 Å². The molecule has 0 saturated carbocycles. The van der Waals surface area contributed by atoms with Gasteiger partial charge in [-0.05, 0) is 50.2 Å². The third-order valence-corrected chi connectivity index (χ3v) is 4.05. The lowest BCUT2D eigenvalue weighted by Crippen LogP contribution is -2.40. The number of hydrogen-bond donors (Lipinski definition) is 1. The molecule has 0 bridgehead atoms. The second-order valence-electron chi connectivity index (χ2n) is 6.13. The Morgan fingerprint density at radius 3 is 2.56 bits per heavy atom. The van der Waals surface area contributed by atoms with E-state index in [0.29, 0.717) is 22.5 Å². The van der Waals surface area contributed by atoms with E-state index in [1.807, 2.05) is 0 Å². The fourth-order valence-electron chi connectivity index (χ4n) is 2.54. The van der Waals surface area contributed by atoms with Crippen molar-refractivity contribution in [2.24, 2.45) is 5.16 Å². The van der Waals surface area contributed by atoms with E-state index in [-0.39, 0.29) is 23.9 Å². The minimum Gasteiger partial charge on any atom is -0.379 e. The molecule has 1 N–H and O–H groups in total. The molecule has 0 spiro atoms. The summed E-state index contributed by atoms with van der Waals surface area (Å²) in [5, 5.41) is 6.70. The predicted molar refractivity (Wildman–Crippen MR) is 92.1 cm³/mol. The van der Waals surface area contributed by atoms with Crippen LogP contribution in [0.15, 0.2) is 53.7 Å². The molecule has 25 heavy (non-hydrogen) atoms. The van der Waals surface area contributed by atoms with E-state index in [0.717, 1.165) is 0 Å². The molecule has 2 aromatic carbocycles. The van der Waals surface area contributed by atoms with Gasteiger partial charge in [0.2, 0.25) is 5.60 Å². The number of anilines is 1. The van der Waals surface area contributed by atoms with Gasteiger partial charge in [0.1, 0.15) is 5.82 Å². The number of oxime groups is 1. The Hall–Kier alpha value is -3.02. The number of hydrogen-bond acceptors (Lipinski definition) is 4. The number of nitrogens with zero attached hydrogens (tertiary/aromatic N) is 1. The summed E-state index contributed by atoms with van der Waals surface area (Å²) in [4.78, 5) is 29.2. The van der Waals surface area contributed by atoms with E-state index >= 15 is 0 Å². The van der Waals surface area contributed by atoms with E-state index in [2.05, 4.69) is 10.5 Å². The molecule has 2 aromatic rings. The normalized spacial score (nSPS) is 19.1. The van der Waals surface area contributed by atoms with Crippen molar-refractivity contribution in [2.45, 2.75) is 25.9 Å². The molecule has 0 unspecified atom stereocenters. The van der Waals surface area contributed by atoms with Gasteiger partial charge in [0.25, 0.3) is 5.91 Å². The van der Waals surface area contributed by atoms with E-state index in [1.165, 1.54) is 19.1 Å². The zero-order chi connectivity index (χ0) is 18.0. The predicted octanol–water partition coefficient (Wildman–Crippen LogP) is 3.55. The van der Waals surface area contributed by atoms with E-state index < -0.39 is 5.60 Å². The van der Waals surface area contributed by atoms with Crippen molar-refractivity contribution in [3.05, 3.63) is 65.5 Å². The number of amides is 1. The van der Waals surface area contributed by atoms with Crippen molar-refractivity contribution in [3.63, 3.8) is 0 Å². The highest BCUT2D eigenvalue weighted by Gasteiger charge is 2.42. The van der Waals surface area contributed by atoms with Gasteiger partial charge in [-0.15, -0.1) is 0 Å². The van der Waals surface area contributed by atoms with Gasteiger partial charge in [-0.2, -0.15) is 0 Å². The van der Waals surface area contributed by atoms with Gasteiger partial charge >= 0.3 is 0 Å². The average Bonchev–Trinajstić information content (AvgIpc) is 2.99. The maximum atomic E-state index is 13.3. The Kier molecular flexibility index (Phi) is 4.35. The molecule has 0 saturated heterocycles. The molecule has 0 radical (unpaired) electrons. The molecule has 1 aliphatic heterocycles. The second kappa shape index (κ2) is 6.47. The van der Waals surface area contributed by atoms with Gasteiger partial charge in [0, 0.05) is 23.2 Å². The largest absolute Gasteiger partial charge is 0.379 e. The van der Waals surface area contributed by atoms with Crippen LogP contribution in [0.4, 0.5) is 10.1 Å². The van der Waals surface area contributed by atoms with Crippen molar-refractivity contribution in [2.75, 3.05) is 5.32 Å². The summed E-state index contributed by atoms with van der Waals surface area (Å²) in [6.07, 6.45) is 0.230. The number of rotatable bonds is 4. The van der Waals surface area contributed by atoms with Gasteiger partial charge in [0.15, 0.2) is 5.78 Å². The van der Waals surface area contributed by atoms with Gasteiger partial charge in [-0.25, -0.2) is 4.39 Å². The zero-order valence-corrected chi connectivity index (χ0v) is 13.9. The summed E-state index contributed by atoms with van der Waals surface area (Å²) in [6.45, 7) is 3.11. The van der Waals surface area contributed by atoms with Crippen LogP contribution in [-0.4, -0.2) is 23.0 Å². The molecule has 1 aliphatic rings. The van der Waals surface area contributed by atoms with Crippen molar-refractivity contribution in [1.82, 2.24) is 0 Å². The molecule has 0 aliphatic carbocycles. The number of carbonyl (C=O) groups excluding carboxylic acids is 2. The number of halogens is 1. The Balaban J connectivity index is 1.69. The maximum Gasteiger partial charge on any atom is 0.271 e. The van der Waals surface area contributed by atoms with Crippen LogP contribution in [0.2, 0.25) is 0 Å². The van der Waals surface area contributed by atoms with Gasteiger partial charge in [-0.1, -0.05) is 17.3 Å². The summed E-state index contributed by atoms with van der Waals surface area (Å²) in [6, 6.07) is 12.6. The zero-order valence-electron chi connectivity index (χ0n) is 13.9. The highest BCUT2D eigenvalue weighted by Crippen LogP contribution is 2.28. The standard InChI is InChI=1S/C19H17FN2O3/c1-12(23)13-6-8-16(9-7-13)21-18(24)19(2)11-17(22-25-19)14-4-3-5-15(20)10-14/h3-10H,11H2,1-2H3,(H,21,24)/t19-/m0/s1. The van der Waals surface area contributed by atoms with Gasteiger partial charge in [0.05, 0.1) is 5.71 Å². The number of Topliss-reactive ketones (excluding diaryl/α,β-unsaturated/α-hetero) is 1. The van der Waals surface area contributed by atoms with Crippen LogP contribution in [-0.2, 0) is 9.63 Å². The van der Waals surface area contributed by atoms with Crippen LogP contribution in [0.25, 0.3) is 0 Å². The average molecular weight is 340 g/mol. The number of benzene rings is 2. The molecular weight excluding hydrogens is 323 g/mol. The summed E-state index contributed by atoms with van der Waals surface area (Å²) < 4.78 is 13.3. The molecule has 6 heteroatoms. The highest BCUT2D eigenvalue weighted by molar-refractivity contribution is 6.08. The van der Waals surface area contributed by atoms with Crippen LogP contribution in [0.5, 0.6) is 0 Å². The molecule has 1 heterocycles. The minimum absolute atomic E-state index is 0.0444. The van der Waals surface area contributed by atoms with Crippen LogP contribution in [0.3, 0.4) is 0 Å². The third-order valence-electron chi connectivity index (χ3n) is 4.05. The first-order valence-corrected chi connectivity index (χ1v) is 7.81. The van der Waals surface area contributed by atoms with Crippen LogP contribution < -0.4 is 5.32 Å². The summed E-state index contributed by atoms with van der Waals surface area (Å²) in [7, 11) is 0. The van der Waals surface area contributed by atoms with Crippen LogP contribution in [0.1, 0.15) is 36.2 Å². The SMILES string of the molecule is CC(=O)c1ccc(NC(=O)[C@]2(C)CC(c3cccc(F)c3)=NO2)cc1. The molecule has 1 amide bonds. The molecule has 1 atom stereocenters. The summed E-state index contributed by atoms with van der Waals surface area (Å²) in [5.41, 5.74) is 1.05. The van der Waals surface area contributed by atoms with Crippen LogP contribution in [0, 0.1) is 5.82 Å². The summed E-state index contributed by atoms with van der Waals surface area (Å²) in [5.74, 6) is -0.779. The highest BCUT2D eigenvalue weighted by atomic mass is 19.1.